The summed E-state index contributed by atoms with van der Waals surface area (Å²) in [6.45, 7) is 1.50. The van der Waals surface area contributed by atoms with Crippen LogP contribution in [0.1, 0.15) is 21.5 Å². The minimum absolute atomic E-state index is 0.00372. The van der Waals surface area contributed by atoms with Crippen LogP contribution in [0.2, 0.25) is 5.02 Å². The molecular weight excluding hydrogens is 478 g/mol. The molecule has 0 N–H and O–H groups in total. The number of ether oxygens (including phenoxy) is 3. The highest BCUT2D eigenvalue weighted by molar-refractivity contribution is 6.34. The molecule has 5 nitrogen and oxygen atoms in total. The van der Waals surface area contributed by atoms with Gasteiger partial charge in [0.05, 0.1) is 34.9 Å². The van der Waals surface area contributed by atoms with Gasteiger partial charge >= 0.3 is 5.79 Å². The normalized spacial score (nSPS) is 16.6. The van der Waals surface area contributed by atoms with Crippen molar-refractivity contribution >= 4 is 17.5 Å². The summed E-state index contributed by atoms with van der Waals surface area (Å²) in [5.74, 6) is -6.55. The van der Waals surface area contributed by atoms with Crippen molar-refractivity contribution in [1.29, 1.82) is 0 Å². The van der Waals surface area contributed by atoms with Gasteiger partial charge in [-0.25, -0.2) is 17.6 Å². The Kier molecular flexibility index (Phi) is 5.61. The summed E-state index contributed by atoms with van der Waals surface area (Å²) in [6, 6.07) is 7.80. The minimum Gasteiger partial charge on any atom is -0.440 e. The zero-order valence-corrected chi connectivity index (χ0v) is 18.2. The Morgan fingerprint density at radius 2 is 1.35 bits per heavy atom. The van der Waals surface area contributed by atoms with Gasteiger partial charge in [0.15, 0.2) is 11.5 Å². The van der Waals surface area contributed by atoms with Gasteiger partial charge in [-0.1, -0.05) is 11.6 Å². The fraction of sp³-hybridized carbons (Fsp3) is 0.208. The topological polar surface area (TPSA) is 48.0 Å². The third-order valence-electron chi connectivity index (χ3n) is 5.64. The maximum absolute atomic E-state index is 14.9. The predicted octanol–water partition coefficient (Wildman–Crippen LogP) is 5.04. The molecule has 176 valence electrons. The number of amides is 1. The SMILES string of the molecule is O=C(c1cc2c(cc1Cl)OC(c1ccc(F)cc1F)(c1ccc(F)cc1F)O2)N1CCOCC1. The van der Waals surface area contributed by atoms with Crippen molar-refractivity contribution in [3.63, 3.8) is 0 Å². The monoisotopic (exact) mass is 493 g/mol. The molecule has 1 amide bonds. The van der Waals surface area contributed by atoms with E-state index in [2.05, 4.69) is 0 Å². The van der Waals surface area contributed by atoms with E-state index in [0.29, 0.717) is 38.4 Å². The van der Waals surface area contributed by atoms with E-state index < -0.39 is 29.1 Å². The molecule has 0 aliphatic carbocycles. The number of carbonyl (C=O) groups is 1. The third kappa shape index (κ3) is 3.74. The van der Waals surface area contributed by atoms with Crippen LogP contribution in [-0.2, 0) is 10.5 Å². The molecule has 2 aliphatic rings. The lowest BCUT2D eigenvalue weighted by molar-refractivity contribution is -0.0516. The maximum Gasteiger partial charge on any atom is 0.311 e. The molecule has 1 saturated heterocycles. The van der Waals surface area contributed by atoms with E-state index in [4.69, 9.17) is 25.8 Å². The van der Waals surface area contributed by atoms with Gasteiger partial charge in [0, 0.05) is 31.3 Å². The first-order valence-electron chi connectivity index (χ1n) is 10.3. The molecule has 0 atom stereocenters. The zero-order valence-electron chi connectivity index (χ0n) is 17.4. The van der Waals surface area contributed by atoms with Crippen molar-refractivity contribution in [2.75, 3.05) is 26.3 Å². The van der Waals surface area contributed by atoms with Crippen molar-refractivity contribution in [3.05, 3.63) is 93.5 Å². The van der Waals surface area contributed by atoms with Crippen LogP contribution in [0.3, 0.4) is 0 Å². The highest BCUT2D eigenvalue weighted by atomic mass is 35.5. The summed E-state index contributed by atoms with van der Waals surface area (Å²) in [6.07, 6.45) is 0. The summed E-state index contributed by atoms with van der Waals surface area (Å²) in [5.41, 5.74) is -0.610. The summed E-state index contributed by atoms with van der Waals surface area (Å²) in [4.78, 5) is 14.5. The lowest BCUT2D eigenvalue weighted by Crippen LogP contribution is -2.40. The summed E-state index contributed by atoms with van der Waals surface area (Å²) in [5, 5.41) is 0.0359. The average Bonchev–Trinajstić information content (AvgIpc) is 3.17. The number of nitrogens with zero attached hydrogens (tertiary/aromatic N) is 1. The Morgan fingerprint density at radius 3 is 1.88 bits per heavy atom. The molecule has 0 bridgehead atoms. The molecule has 3 aromatic carbocycles. The lowest BCUT2D eigenvalue weighted by atomic mass is 9.96. The molecule has 0 unspecified atom stereocenters. The van der Waals surface area contributed by atoms with E-state index in [1.165, 1.54) is 12.1 Å². The van der Waals surface area contributed by atoms with Gasteiger partial charge < -0.3 is 19.1 Å². The highest BCUT2D eigenvalue weighted by Gasteiger charge is 2.49. The number of benzene rings is 3. The van der Waals surface area contributed by atoms with Gasteiger partial charge in [-0.3, -0.25) is 4.79 Å². The first-order chi connectivity index (χ1) is 16.3. The Morgan fingerprint density at radius 1 is 0.824 bits per heavy atom. The van der Waals surface area contributed by atoms with E-state index in [0.717, 1.165) is 24.3 Å². The van der Waals surface area contributed by atoms with Crippen molar-refractivity contribution in [1.82, 2.24) is 4.90 Å². The summed E-state index contributed by atoms with van der Waals surface area (Å²) < 4.78 is 74.1. The number of morpholine rings is 1. The Balaban J connectivity index is 1.62. The lowest BCUT2D eigenvalue weighted by Gasteiger charge is -2.29. The van der Waals surface area contributed by atoms with Gasteiger partial charge in [0.2, 0.25) is 0 Å². The number of fused-ring (bicyclic) bond motifs is 1. The molecule has 0 saturated carbocycles. The van der Waals surface area contributed by atoms with Crippen molar-refractivity contribution < 1.29 is 36.6 Å². The summed E-state index contributed by atoms with van der Waals surface area (Å²) in [7, 11) is 0. The van der Waals surface area contributed by atoms with Crippen LogP contribution in [0.25, 0.3) is 0 Å². The second-order valence-electron chi connectivity index (χ2n) is 7.75. The molecule has 2 heterocycles. The van der Waals surface area contributed by atoms with Gasteiger partial charge in [-0.15, -0.1) is 0 Å². The van der Waals surface area contributed by atoms with E-state index in [-0.39, 0.29) is 39.1 Å². The number of rotatable bonds is 3. The second-order valence-corrected chi connectivity index (χ2v) is 8.16. The second kappa shape index (κ2) is 8.48. The molecule has 10 heteroatoms. The zero-order chi connectivity index (χ0) is 24.0. The van der Waals surface area contributed by atoms with Crippen LogP contribution in [0.4, 0.5) is 17.6 Å². The summed E-state index contributed by atoms with van der Waals surface area (Å²) >= 11 is 6.35. The molecule has 5 rings (SSSR count). The molecular formula is C24H16ClF4NO4. The average molecular weight is 494 g/mol. The number of carbonyl (C=O) groups excluding carboxylic acids is 1. The van der Waals surface area contributed by atoms with Gasteiger partial charge in [-0.05, 0) is 30.3 Å². The van der Waals surface area contributed by atoms with Crippen LogP contribution in [0, 0.1) is 23.3 Å². The van der Waals surface area contributed by atoms with Crippen molar-refractivity contribution in [3.8, 4) is 11.5 Å². The van der Waals surface area contributed by atoms with Gasteiger partial charge in [-0.2, -0.15) is 0 Å². The van der Waals surface area contributed by atoms with Gasteiger partial charge in [0.25, 0.3) is 5.91 Å². The minimum atomic E-state index is -2.26. The first kappa shape index (κ1) is 22.5. The standard InChI is InChI=1S/C24H16ClF4NO4/c25-18-12-22-21(11-15(18)23(31)30-5-7-32-8-6-30)33-24(34-22,16-3-1-13(26)9-19(16)28)17-4-2-14(27)10-20(17)29/h1-4,9-12H,5-8H2. The van der Waals surface area contributed by atoms with Crippen LogP contribution in [0.15, 0.2) is 48.5 Å². The number of hydrogen-bond donors (Lipinski definition) is 0. The molecule has 3 aromatic rings. The van der Waals surface area contributed by atoms with Crippen LogP contribution in [-0.4, -0.2) is 37.1 Å². The smallest absolute Gasteiger partial charge is 0.311 e. The largest absolute Gasteiger partial charge is 0.440 e. The molecule has 0 aromatic heterocycles. The van der Waals surface area contributed by atoms with Crippen molar-refractivity contribution in [2.24, 2.45) is 0 Å². The van der Waals surface area contributed by atoms with Crippen LogP contribution < -0.4 is 9.47 Å². The van der Waals surface area contributed by atoms with Crippen LogP contribution >= 0.6 is 11.6 Å². The van der Waals surface area contributed by atoms with Crippen LogP contribution in [0.5, 0.6) is 11.5 Å². The van der Waals surface area contributed by atoms with E-state index >= 15 is 0 Å². The van der Waals surface area contributed by atoms with Crippen molar-refractivity contribution in [2.45, 2.75) is 5.79 Å². The van der Waals surface area contributed by atoms with E-state index in [1.807, 2.05) is 0 Å². The molecule has 0 spiro atoms. The van der Waals surface area contributed by atoms with E-state index in [9.17, 15) is 22.4 Å². The predicted molar refractivity (Wildman–Crippen MR) is 113 cm³/mol. The first-order valence-corrected chi connectivity index (χ1v) is 10.7. The maximum atomic E-state index is 14.9. The Bertz CT molecular complexity index is 1240. The quantitative estimate of drug-likeness (QED) is 0.480. The Labute approximate surface area is 196 Å². The highest BCUT2D eigenvalue weighted by Crippen LogP contribution is 2.50. The fourth-order valence-corrected chi connectivity index (χ4v) is 4.24. The number of halogens is 5. The number of hydrogen-bond acceptors (Lipinski definition) is 4. The fourth-order valence-electron chi connectivity index (χ4n) is 4.00. The van der Waals surface area contributed by atoms with Gasteiger partial charge in [0.1, 0.15) is 23.3 Å². The third-order valence-corrected chi connectivity index (χ3v) is 5.95. The molecule has 1 fully saturated rings. The van der Waals surface area contributed by atoms with E-state index in [1.54, 1.807) is 4.90 Å². The molecule has 0 radical (unpaired) electrons. The Hall–Kier alpha value is -3.30. The molecule has 34 heavy (non-hydrogen) atoms. The molecule has 2 aliphatic heterocycles.